The molecule has 0 bridgehead atoms. The largest absolute Gasteiger partial charge is 0.465 e. The van der Waals surface area contributed by atoms with Gasteiger partial charge in [-0.25, -0.2) is 4.79 Å². The minimum atomic E-state index is -0.293. The lowest BCUT2D eigenvalue weighted by atomic mass is 10.00. The zero-order valence-electron chi connectivity index (χ0n) is 18.7. The van der Waals surface area contributed by atoms with Gasteiger partial charge in [-0.2, -0.15) is 0 Å². The van der Waals surface area contributed by atoms with Crippen LogP contribution in [0.4, 0.5) is 0 Å². The smallest absolute Gasteiger partial charge is 0.337 e. The molecule has 0 aliphatic carbocycles. The monoisotopic (exact) mass is 429 g/mol. The lowest BCUT2D eigenvalue weighted by Gasteiger charge is -2.35. The second-order valence-corrected chi connectivity index (χ2v) is 8.34. The number of carbonyl (C=O) groups is 1. The molecule has 4 heteroatoms. The van der Waals surface area contributed by atoms with Gasteiger partial charge < -0.3 is 14.4 Å². The van der Waals surface area contributed by atoms with E-state index >= 15 is 0 Å². The number of methoxy groups -OCH3 is 1. The Morgan fingerprint density at radius 3 is 2.16 bits per heavy atom. The molecule has 0 amide bonds. The number of benzene rings is 3. The molecular formula is C28H31NO3. The summed E-state index contributed by atoms with van der Waals surface area (Å²) < 4.78 is 11.5. The molecule has 1 saturated heterocycles. The number of piperidine rings is 1. The Labute approximate surface area is 190 Å². The fourth-order valence-electron chi connectivity index (χ4n) is 4.34. The van der Waals surface area contributed by atoms with Crippen molar-refractivity contribution in [3.63, 3.8) is 0 Å². The number of carbonyl (C=O) groups excluding carboxylic acids is 1. The summed E-state index contributed by atoms with van der Waals surface area (Å²) in [6.07, 6.45) is 3.33. The minimum absolute atomic E-state index is 0.0479. The number of rotatable bonds is 8. The highest BCUT2D eigenvalue weighted by molar-refractivity contribution is 5.89. The first-order valence-corrected chi connectivity index (χ1v) is 11.4. The maximum atomic E-state index is 11.6. The van der Waals surface area contributed by atoms with Crippen LogP contribution in [-0.2, 0) is 15.9 Å². The number of esters is 1. The van der Waals surface area contributed by atoms with Crippen molar-refractivity contribution in [2.24, 2.45) is 0 Å². The van der Waals surface area contributed by atoms with Gasteiger partial charge in [0.2, 0.25) is 0 Å². The highest BCUT2D eigenvalue weighted by Crippen LogP contribution is 2.29. The predicted molar refractivity (Wildman–Crippen MR) is 127 cm³/mol. The van der Waals surface area contributed by atoms with Gasteiger partial charge in [-0.1, -0.05) is 72.8 Å². The van der Waals surface area contributed by atoms with Crippen molar-refractivity contribution in [2.45, 2.75) is 31.5 Å². The Kier molecular flexibility index (Phi) is 7.70. The van der Waals surface area contributed by atoms with E-state index in [9.17, 15) is 4.79 Å². The van der Waals surface area contributed by atoms with Crippen molar-refractivity contribution >= 4 is 5.97 Å². The quantitative estimate of drug-likeness (QED) is 0.456. The van der Waals surface area contributed by atoms with E-state index in [2.05, 4.69) is 53.4 Å². The Bertz CT molecular complexity index is 933. The van der Waals surface area contributed by atoms with Gasteiger partial charge in [0, 0.05) is 13.1 Å². The molecule has 166 valence electrons. The molecule has 3 aromatic carbocycles. The van der Waals surface area contributed by atoms with Crippen molar-refractivity contribution < 1.29 is 14.3 Å². The molecule has 0 saturated carbocycles. The number of ether oxygens (including phenoxy) is 2. The fraction of sp³-hybridized carbons (Fsp3) is 0.321. The van der Waals surface area contributed by atoms with E-state index in [1.165, 1.54) is 23.8 Å². The topological polar surface area (TPSA) is 38.8 Å². The first-order valence-electron chi connectivity index (χ1n) is 11.4. The van der Waals surface area contributed by atoms with Crippen LogP contribution in [0.5, 0.6) is 0 Å². The van der Waals surface area contributed by atoms with E-state index in [1.54, 1.807) is 0 Å². The number of likely N-dealkylation sites (tertiary alicyclic amines) is 1. The molecular weight excluding hydrogens is 398 g/mol. The number of nitrogens with zero attached hydrogens (tertiary/aromatic N) is 1. The molecule has 1 aliphatic heterocycles. The Morgan fingerprint density at radius 1 is 0.938 bits per heavy atom. The van der Waals surface area contributed by atoms with E-state index in [1.807, 2.05) is 36.4 Å². The molecule has 1 fully saturated rings. The van der Waals surface area contributed by atoms with Gasteiger partial charge in [0.1, 0.15) is 6.10 Å². The van der Waals surface area contributed by atoms with E-state index in [-0.39, 0.29) is 18.2 Å². The van der Waals surface area contributed by atoms with Gasteiger partial charge in [-0.3, -0.25) is 0 Å². The van der Waals surface area contributed by atoms with Gasteiger partial charge in [0.05, 0.1) is 18.8 Å². The molecule has 0 unspecified atom stereocenters. The summed E-state index contributed by atoms with van der Waals surface area (Å²) >= 11 is 0. The lowest BCUT2D eigenvalue weighted by Crippen LogP contribution is -2.41. The molecule has 0 spiro atoms. The molecule has 1 atom stereocenters. The normalized spacial score (nSPS) is 16.8. The summed E-state index contributed by atoms with van der Waals surface area (Å²) in [7, 11) is 1.41. The molecule has 4 rings (SSSR count). The van der Waals surface area contributed by atoms with E-state index in [4.69, 9.17) is 9.47 Å². The molecule has 1 aliphatic rings. The van der Waals surface area contributed by atoms with Gasteiger partial charge in [0.15, 0.2) is 0 Å². The van der Waals surface area contributed by atoms with Crippen LogP contribution < -0.4 is 0 Å². The summed E-state index contributed by atoms with van der Waals surface area (Å²) in [4.78, 5) is 14.1. The van der Waals surface area contributed by atoms with Crippen LogP contribution >= 0.6 is 0 Å². The molecule has 3 aromatic rings. The van der Waals surface area contributed by atoms with Crippen LogP contribution in [0.25, 0.3) is 0 Å². The maximum absolute atomic E-state index is 11.6. The lowest BCUT2D eigenvalue weighted by molar-refractivity contribution is -0.0330. The Balaban J connectivity index is 1.37. The first kappa shape index (κ1) is 22.3. The van der Waals surface area contributed by atoms with Crippen molar-refractivity contribution in [2.75, 3.05) is 26.7 Å². The van der Waals surface area contributed by atoms with Crippen molar-refractivity contribution in [3.05, 3.63) is 107 Å². The van der Waals surface area contributed by atoms with Crippen molar-refractivity contribution in [3.8, 4) is 0 Å². The highest BCUT2D eigenvalue weighted by atomic mass is 16.5. The van der Waals surface area contributed by atoms with Gasteiger partial charge in [0.25, 0.3) is 0 Å². The van der Waals surface area contributed by atoms with Crippen molar-refractivity contribution in [1.29, 1.82) is 0 Å². The van der Waals surface area contributed by atoms with Crippen molar-refractivity contribution in [1.82, 2.24) is 4.90 Å². The van der Waals surface area contributed by atoms with Crippen LogP contribution in [0.3, 0.4) is 0 Å². The summed E-state index contributed by atoms with van der Waals surface area (Å²) in [6.45, 7) is 3.02. The molecule has 0 aromatic heterocycles. The molecule has 4 nitrogen and oxygen atoms in total. The number of hydrogen-bond acceptors (Lipinski definition) is 4. The summed E-state index contributed by atoms with van der Waals surface area (Å²) in [5.41, 5.74) is 4.21. The average molecular weight is 430 g/mol. The first-order chi connectivity index (χ1) is 15.7. The molecule has 0 radical (unpaired) electrons. The van der Waals surface area contributed by atoms with E-state index in [0.29, 0.717) is 5.56 Å². The summed E-state index contributed by atoms with van der Waals surface area (Å²) in [5.74, 6) is -0.293. The second kappa shape index (κ2) is 11.1. The zero-order chi connectivity index (χ0) is 22.2. The predicted octanol–water partition coefficient (Wildman–Crippen LogP) is 5.29. The summed E-state index contributed by atoms with van der Waals surface area (Å²) in [6, 6.07) is 28.7. The SMILES string of the molecule is COC(=O)c1ccc(CCN2CCC[C@@H](OC(c3ccccc3)c3ccccc3)C2)cc1. The third-order valence-corrected chi connectivity index (χ3v) is 6.09. The zero-order valence-corrected chi connectivity index (χ0v) is 18.7. The Morgan fingerprint density at radius 2 is 1.56 bits per heavy atom. The molecule has 32 heavy (non-hydrogen) atoms. The maximum Gasteiger partial charge on any atom is 0.337 e. The standard InChI is InChI=1S/C28H31NO3/c1-31-28(30)25-16-14-22(15-17-25)18-20-29-19-8-13-26(21-29)32-27(23-9-4-2-5-10-23)24-11-6-3-7-12-24/h2-7,9-12,14-17,26-27H,8,13,18-21H2,1H3/t26-/m1/s1. The van der Waals surface area contributed by atoms with Crippen LogP contribution in [0.2, 0.25) is 0 Å². The van der Waals surface area contributed by atoms with E-state index < -0.39 is 0 Å². The highest BCUT2D eigenvalue weighted by Gasteiger charge is 2.25. The van der Waals surface area contributed by atoms with Crippen LogP contribution in [0, 0.1) is 0 Å². The third kappa shape index (κ3) is 5.84. The van der Waals surface area contributed by atoms with Crippen LogP contribution in [0.15, 0.2) is 84.9 Å². The Hall–Kier alpha value is -2.95. The fourth-order valence-corrected chi connectivity index (χ4v) is 4.34. The van der Waals surface area contributed by atoms with Gasteiger partial charge in [-0.15, -0.1) is 0 Å². The average Bonchev–Trinajstić information content (AvgIpc) is 2.87. The number of hydrogen-bond donors (Lipinski definition) is 0. The third-order valence-electron chi connectivity index (χ3n) is 6.09. The second-order valence-electron chi connectivity index (χ2n) is 8.34. The van der Waals surface area contributed by atoms with Crippen LogP contribution in [-0.4, -0.2) is 43.7 Å². The van der Waals surface area contributed by atoms with Gasteiger partial charge >= 0.3 is 5.97 Å². The summed E-state index contributed by atoms with van der Waals surface area (Å²) in [5, 5.41) is 0. The molecule has 0 N–H and O–H groups in total. The minimum Gasteiger partial charge on any atom is -0.465 e. The molecule has 1 heterocycles. The van der Waals surface area contributed by atoms with Gasteiger partial charge in [-0.05, 0) is 54.6 Å². The van der Waals surface area contributed by atoms with Crippen LogP contribution in [0.1, 0.15) is 46.0 Å². The van der Waals surface area contributed by atoms with E-state index in [0.717, 1.165) is 38.9 Å².